The predicted octanol–water partition coefficient (Wildman–Crippen LogP) is 3.74. The first-order valence-electron chi connectivity index (χ1n) is 9.40. The third-order valence-electron chi connectivity index (χ3n) is 5.49. The summed E-state index contributed by atoms with van der Waals surface area (Å²) in [5.74, 6) is 3.30. The Hall–Kier alpha value is -2.17. The van der Waals surface area contributed by atoms with Crippen molar-refractivity contribution < 1.29 is 4.74 Å². The van der Waals surface area contributed by atoms with E-state index in [1.807, 2.05) is 25.3 Å². The first-order valence-corrected chi connectivity index (χ1v) is 9.40. The largest absolute Gasteiger partial charge is 0.493 e. The minimum Gasteiger partial charge on any atom is -0.493 e. The molecule has 0 spiro atoms. The van der Waals surface area contributed by atoms with Gasteiger partial charge in [-0.05, 0) is 44.6 Å². The first kappa shape index (κ1) is 16.3. The van der Waals surface area contributed by atoms with Crippen LogP contribution >= 0.6 is 0 Å². The van der Waals surface area contributed by atoms with Crippen molar-refractivity contribution in [1.82, 2.24) is 15.0 Å². The van der Waals surface area contributed by atoms with Crippen LogP contribution in [-0.2, 0) is 0 Å². The zero-order valence-corrected chi connectivity index (χ0v) is 14.9. The van der Waals surface area contributed by atoms with Gasteiger partial charge in [0.15, 0.2) is 0 Å². The molecule has 132 valence electrons. The predicted molar refractivity (Wildman–Crippen MR) is 98.0 cm³/mol. The monoisotopic (exact) mass is 338 g/mol. The van der Waals surface area contributed by atoms with E-state index in [4.69, 9.17) is 4.74 Å². The lowest BCUT2D eigenvalue weighted by molar-refractivity contribution is 0.222. The van der Waals surface area contributed by atoms with Crippen LogP contribution in [0, 0.1) is 12.8 Å². The van der Waals surface area contributed by atoms with Gasteiger partial charge in [-0.2, -0.15) is 0 Å². The topological polar surface area (TPSA) is 51.1 Å². The summed E-state index contributed by atoms with van der Waals surface area (Å²) < 4.78 is 5.96. The van der Waals surface area contributed by atoms with Gasteiger partial charge in [-0.1, -0.05) is 6.42 Å². The van der Waals surface area contributed by atoms with Crippen LogP contribution in [0.5, 0.6) is 5.75 Å². The van der Waals surface area contributed by atoms with E-state index in [-0.39, 0.29) is 0 Å². The van der Waals surface area contributed by atoms with E-state index < -0.39 is 0 Å². The number of hydrogen-bond acceptors (Lipinski definition) is 5. The summed E-state index contributed by atoms with van der Waals surface area (Å²) in [4.78, 5) is 15.6. The molecule has 1 saturated carbocycles. The molecule has 2 aromatic heterocycles. The number of pyridine rings is 1. The van der Waals surface area contributed by atoms with Gasteiger partial charge in [-0.15, -0.1) is 0 Å². The van der Waals surface area contributed by atoms with Crippen LogP contribution in [0.4, 0.5) is 5.82 Å². The Kier molecular flexibility index (Phi) is 4.81. The number of piperidine rings is 1. The van der Waals surface area contributed by atoms with Crippen molar-refractivity contribution in [3.05, 3.63) is 42.1 Å². The molecule has 0 radical (unpaired) electrons. The van der Waals surface area contributed by atoms with Crippen molar-refractivity contribution in [3.8, 4) is 5.75 Å². The second-order valence-corrected chi connectivity index (χ2v) is 7.30. The van der Waals surface area contributed by atoms with Gasteiger partial charge in [0.1, 0.15) is 17.9 Å². The highest BCUT2D eigenvalue weighted by molar-refractivity contribution is 5.40. The smallest absolute Gasteiger partial charge is 0.132 e. The fourth-order valence-electron chi connectivity index (χ4n) is 3.61. The number of rotatable bonds is 5. The van der Waals surface area contributed by atoms with Gasteiger partial charge in [0.2, 0.25) is 0 Å². The van der Waals surface area contributed by atoms with Crippen molar-refractivity contribution in [3.63, 3.8) is 0 Å². The fourth-order valence-corrected chi connectivity index (χ4v) is 3.61. The van der Waals surface area contributed by atoms with Crippen molar-refractivity contribution >= 4 is 5.82 Å². The third-order valence-corrected chi connectivity index (χ3v) is 5.49. The molecule has 5 nitrogen and oxygen atoms in total. The summed E-state index contributed by atoms with van der Waals surface area (Å²) in [6.45, 7) is 4.87. The molecule has 2 aromatic rings. The number of aromatic nitrogens is 3. The number of aryl methyl sites for hydroxylation is 1. The summed E-state index contributed by atoms with van der Waals surface area (Å²) in [6.07, 6.45) is 9.74. The van der Waals surface area contributed by atoms with Crippen molar-refractivity contribution in [2.24, 2.45) is 5.92 Å². The molecule has 1 aliphatic heterocycles. The van der Waals surface area contributed by atoms with Crippen molar-refractivity contribution in [2.45, 2.75) is 44.9 Å². The second-order valence-electron chi connectivity index (χ2n) is 7.30. The summed E-state index contributed by atoms with van der Waals surface area (Å²) in [5, 5.41) is 0. The van der Waals surface area contributed by atoms with E-state index in [2.05, 4.69) is 25.9 Å². The lowest BCUT2D eigenvalue weighted by Gasteiger charge is -2.33. The molecule has 2 aliphatic rings. The maximum absolute atomic E-state index is 5.96. The molecule has 5 heteroatoms. The SMILES string of the molecule is Cc1cc(OCC2CCN(c3cc(C4CCC4)ncn3)CC2)ccn1. The zero-order valence-electron chi connectivity index (χ0n) is 14.9. The minimum atomic E-state index is 0.609. The van der Waals surface area contributed by atoms with Crippen molar-refractivity contribution in [2.75, 3.05) is 24.6 Å². The Morgan fingerprint density at radius 1 is 1.08 bits per heavy atom. The lowest BCUT2D eigenvalue weighted by atomic mass is 9.83. The molecule has 0 unspecified atom stereocenters. The van der Waals surface area contributed by atoms with Crippen LogP contribution in [0.1, 0.15) is 49.4 Å². The Morgan fingerprint density at radius 2 is 1.92 bits per heavy atom. The van der Waals surface area contributed by atoms with Crippen molar-refractivity contribution in [1.29, 1.82) is 0 Å². The molecule has 0 bridgehead atoms. The van der Waals surface area contributed by atoms with E-state index >= 15 is 0 Å². The molecule has 3 heterocycles. The van der Waals surface area contributed by atoms with Crippen LogP contribution < -0.4 is 9.64 Å². The molecular weight excluding hydrogens is 312 g/mol. The zero-order chi connectivity index (χ0) is 17.1. The molecule has 0 amide bonds. The van der Waals surface area contributed by atoms with E-state index in [1.165, 1.54) is 25.0 Å². The Bertz CT molecular complexity index is 708. The summed E-state index contributed by atoms with van der Waals surface area (Å²) in [5.41, 5.74) is 2.23. The van der Waals surface area contributed by atoms with Crippen LogP contribution in [-0.4, -0.2) is 34.6 Å². The maximum Gasteiger partial charge on any atom is 0.132 e. The van der Waals surface area contributed by atoms with E-state index in [1.54, 1.807) is 6.33 Å². The standard InChI is InChI=1S/C20H26N4O/c1-15-11-18(5-8-21-15)25-13-16-6-9-24(10-7-16)20-12-19(22-14-23-20)17-3-2-4-17/h5,8,11-12,14,16-17H,2-4,6-7,9-10,13H2,1H3. The molecule has 4 rings (SSSR count). The second kappa shape index (κ2) is 7.38. The molecular formula is C20H26N4O. The quantitative estimate of drug-likeness (QED) is 0.831. The van der Waals surface area contributed by atoms with Gasteiger partial charge in [0.05, 0.1) is 6.61 Å². The summed E-state index contributed by atoms with van der Waals surface area (Å²) >= 11 is 0. The molecule has 0 N–H and O–H groups in total. The Morgan fingerprint density at radius 3 is 2.64 bits per heavy atom. The normalized spacial score (nSPS) is 18.8. The number of anilines is 1. The van der Waals surface area contributed by atoms with Crippen LogP contribution in [0.2, 0.25) is 0 Å². The van der Waals surface area contributed by atoms with Gasteiger partial charge in [0.25, 0.3) is 0 Å². The maximum atomic E-state index is 5.96. The molecule has 1 saturated heterocycles. The van der Waals surface area contributed by atoms with E-state index in [9.17, 15) is 0 Å². The summed E-state index contributed by atoms with van der Waals surface area (Å²) in [7, 11) is 0. The summed E-state index contributed by atoms with van der Waals surface area (Å²) in [6, 6.07) is 6.14. The molecule has 1 aliphatic carbocycles. The number of ether oxygens (including phenoxy) is 1. The third kappa shape index (κ3) is 3.91. The first-order chi connectivity index (χ1) is 12.3. The highest BCUT2D eigenvalue weighted by Gasteiger charge is 2.24. The lowest BCUT2D eigenvalue weighted by Crippen LogP contribution is -2.36. The molecule has 2 fully saturated rings. The fraction of sp³-hybridized carbons (Fsp3) is 0.550. The highest BCUT2D eigenvalue weighted by Crippen LogP contribution is 2.36. The Labute approximate surface area is 149 Å². The van der Waals surface area contributed by atoms with Crippen LogP contribution in [0.3, 0.4) is 0 Å². The average Bonchev–Trinajstić information content (AvgIpc) is 2.59. The van der Waals surface area contributed by atoms with E-state index in [0.717, 1.165) is 49.8 Å². The molecule has 0 atom stereocenters. The van der Waals surface area contributed by atoms with Gasteiger partial charge < -0.3 is 9.64 Å². The van der Waals surface area contributed by atoms with Crippen LogP contribution in [0.25, 0.3) is 0 Å². The highest BCUT2D eigenvalue weighted by atomic mass is 16.5. The van der Waals surface area contributed by atoms with Gasteiger partial charge in [0, 0.05) is 48.7 Å². The molecule has 0 aromatic carbocycles. The average molecular weight is 338 g/mol. The molecule has 25 heavy (non-hydrogen) atoms. The Balaban J connectivity index is 1.29. The van der Waals surface area contributed by atoms with E-state index in [0.29, 0.717) is 11.8 Å². The number of hydrogen-bond donors (Lipinski definition) is 0. The number of nitrogens with zero attached hydrogens (tertiary/aromatic N) is 4. The van der Waals surface area contributed by atoms with Crippen LogP contribution in [0.15, 0.2) is 30.7 Å². The van der Waals surface area contributed by atoms with Gasteiger partial charge >= 0.3 is 0 Å². The van der Waals surface area contributed by atoms with Gasteiger partial charge in [-0.25, -0.2) is 9.97 Å². The minimum absolute atomic E-state index is 0.609. The van der Waals surface area contributed by atoms with Gasteiger partial charge in [-0.3, -0.25) is 4.98 Å².